The van der Waals surface area contributed by atoms with Crippen LogP contribution in [0.1, 0.15) is 0 Å². The first-order valence-corrected chi connectivity index (χ1v) is 5.88. The molecule has 0 unspecified atom stereocenters. The van der Waals surface area contributed by atoms with Gasteiger partial charge in [-0.3, -0.25) is 0 Å². The fourth-order valence-corrected chi connectivity index (χ4v) is 1.59. The molecule has 5 heteroatoms. The van der Waals surface area contributed by atoms with Crippen molar-refractivity contribution in [2.75, 3.05) is 47.5 Å². The fourth-order valence-electron chi connectivity index (χ4n) is 1.59. The van der Waals surface area contributed by atoms with E-state index in [1.165, 1.54) is 0 Å². The molecule has 0 saturated heterocycles. The predicted molar refractivity (Wildman–Crippen MR) is 65.8 cm³/mol. The number of benzene rings is 1. The molecule has 2 rings (SSSR count). The molecule has 0 aromatic heterocycles. The van der Waals surface area contributed by atoms with Crippen LogP contribution in [0.25, 0.3) is 0 Å². The average molecular weight is 365 g/mol. The van der Waals surface area contributed by atoms with E-state index in [1.807, 2.05) is 18.2 Å². The van der Waals surface area contributed by atoms with E-state index >= 15 is 0 Å². The molecule has 4 nitrogen and oxygen atoms in total. The molecule has 0 spiro atoms. The van der Waals surface area contributed by atoms with Gasteiger partial charge < -0.3 is 42.7 Å². The first kappa shape index (κ1) is 15.4. The molecule has 1 aliphatic rings. The van der Waals surface area contributed by atoms with Crippen LogP contribution in [0.3, 0.4) is 0 Å². The summed E-state index contributed by atoms with van der Waals surface area (Å²) in [4.78, 5) is 0. The van der Waals surface area contributed by atoms with E-state index in [0.29, 0.717) is 19.8 Å². The molecule has 1 aromatic carbocycles. The quantitative estimate of drug-likeness (QED) is 0.483. The van der Waals surface area contributed by atoms with Crippen molar-refractivity contribution in [1.82, 2.24) is 0 Å². The Morgan fingerprint density at radius 2 is 1.89 bits per heavy atom. The maximum absolute atomic E-state index is 5.76. The van der Waals surface area contributed by atoms with E-state index in [-0.39, 0.29) is 24.0 Å². The summed E-state index contributed by atoms with van der Waals surface area (Å²) in [5, 5.41) is 0. The molecule has 18 heavy (non-hydrogen) atoms. The van der Waals surface area contributed by atoms with Gasteiger partial charge in [-0.2, -0.15) is 0 Å². The number of ether oxygens (including phenoxy) is 3. The van der Waals surface area contributed by atoms with Gasteiger partial charge in [0.1, 0.15) is 26.4 Å². The lowest BCUT2D eigenvalue weighted by Crippen LogP contribution is -3.00. The zero-order valence-corrected chi connectivity index (χ0v) is 13.3. The Hall–Kier alpha value is -0.690. The third-order valence-corrected chi connectivity index (χ3v) is 2.55. The summed E-state index contributed by atoms with van der Waals surface area (Å²) < 4.78 is 17.7. The van der Waals surface area contributed by atoms with Crippen molar-refractivity contribution in [3.8, 4) is 17.2 Å². The first-order chi connectivity index (χ1) is 8.06. The summed E-state index contributed by atoms with van der Waals surface area (Å²) in [6, 6.07) is 5.75. The summed E-state index contributed by atoms with van der Waals surface area (Å²) >= 11 is 0. The van der Waals surface area contributed by atoms with E-state index in [4.69, 9.17) is 14.2 Å². The molecule has 0 amide bonds. The lowest BCUT2D eigenvalue weighted by molar-refractivity contribution is -0.870. The van der Waals surface area contributed by atoms with Crippen LogP contribution in [0.15, 0.2) is 18.2 Å². The second kappa shape index (κ2) is 6.47. The Morgan fingerprint density at radius 1 is 1.17 bits per heavy atom. The van der Waals surface area contributed by atoms with Gasteiger partial charge in [-0.05, 0) is 12.1 Å². The number of fused-ring (bicyclic) bond motifs is 1. The van der Waals surface area contributed by atoms with Gasteiger partial charge in [0.05, 0.1) is 21.1 Å². The Kier molecular flexibility index (Phi) is 5.52. The van der Waals surface area contributed by atoms with Crippen LogP contribution in [0.5, 0.6) is 17.2 Å². The molecule has 0 bridgehead atoms. The summed E-state index contributed by atoms with van der Waals surface area (Å²) in [6.07, 6.45) is 0. The first-order valence-electron chi connectivity index (χ1n) is 5.88. The topological polar surface area (TPSA) is 27.7 Å². The second-order valence-corrected chi connectivity index (χ2v) is 5.14. The van der Waals surface area contributed by atoms with Crippen molar-refractivity contribution in [2.45, 2.75) is 0 Å². The minimum atomic E-state index is 0. The van der Waals surface area contributed by atoms with E-state index in [0.717, 1.165) is 28.3 Å². The Labute approximate surface area is 125 Å². The van der Waals surface area contributed by atoms with Gasteiger partial charge >= 0.3 is 0 Å². The highest BCUT2D eigenvalue weighted by atomic mass is 127. The van der Waals surface area contributed by atoms with Crippen molar-refractivity contribution in [1.29, 1.82) is 0 Å². The minimum absolute atomic E-state index is 0. The number of quaternary nitrogens is 1. The smallest absolute Gasteiger partial charge is 0.203 e. The minimum Gasteiger partial charge on any atom is -1.00 e. The maximum atomic E-state index is 5.76. The zero-order chi connectivity index (χ0) is 12.3. The lowest BCUT2D eigenvalue weighted by Gasteiger charge is -2.25. The molecule has 0 N–H and O–H groups in total. The highest BCUT2D eigenvalue weighted by molar-refractivity contribution is 5.51. The number of hydrogen-bond acceptors (Lipinski definition) is 3. The van der Waals surface area contributed by atoms with Gasteiger partial charge in [0.2, 0.25) is 5.75 Å². The molecule has 1 heterocycles. The van der Waals surface area contributed by atoms with E-state index in [9.17, 15) is 0 Å². The van der Waals surface area contributed by atoms with E-state index < -0.39 is 0 Å². The van der Waals surface area contributed by atoms with E-state index in [2.05, 4.69) is 21.1 Å². The molecule has 1 aromatic rings. The summed E-state index contributed by atoms with van der Waals surface area (Å²) in [5.41, 5.74) is 0. The van der Waals surface area contributed by atoms with Crippen LogP contribution in [0, 0.1) is 0 Å². The van der Waals surface area contributed by atoms with Crippen molar-refractivity contribution >= 4 is 0 Å². The van der Waals surface area contributed by atoms with Gasteiger partial charge in [-0.25, -0.2) is 0 Å². The van der Waals surface area contributed by atoms with Crippen LogP contribution in [-0.2, 0) is 0 Å². The standard InChI is InChI=1S/C13H20NO3.HI/c1-14(2,3)7-8-15-11-5-4-6-12-13(11)17-10-9-16-12;/h4-6H,7-10H2,1-3H3;1H/q+1;/p-1. The summed E-state index contributed by atoms with van der Waals surface area (Å²) in [6.45, 7) is 2.81. The number of likely N-dealkylation sites (N-methyl/N-ethyl adjacent to an activating group) is 1. The van der Waals surface area contributed by atoms with Gasteiger partial charge in [0.25, 0.3) is 0 Å². The monoisotopic (exact) mass is 365 g/mol. The third kappa shape index (κ3) is 4.20. The number of hydrogen-bond donors (Lipinski definition) is 0. The summed E-state index contributed by atoms with van der Waals surface area (Å²) in [5.74, 6) is 2.29. The molecule has 1 aliphatic heterocycles. The molecule has 0 fully saturated rings. The SMILES string of the molecule is C[N+](C)(C)CCOc1cccc2c1OCCO2.[I-]. The third-order valence-electron chi connectivity index (χ3n) is 2.55. The zero-order valence-electron chi connectivity index (χ0n) is 11.1. The van der Waals surface area contributed by atoms with Crippen molar-refractivity contribution in [2.24, 2.45) is 0 Å². The van der Waals surface area contributed by atoms with E-state index in [1.54, 1.807) is 0 Å². The van der Waals surface area contributed by atoms with Crippen molar-refractivity contribution in [3.63, 3.8) is 0 Å². The number of halogens is 1. The summed E-state index contributed by atoms with van der Waals surface area (Å²) in [7, 11) is 6.43. The van der Waals surface area contributed by atoms with Gasteiger partial charge in [-0.1, -0.05) is 6.07 Å². The number of para-hydroxylation sites is 1. The predicted octanol–water partition coefficient (Wildman–Crippen LogP) is -1.45. The molecule has 0 aliphatic carbocycles. The Bertz CT molecular complexity index is 390. The van der Waals surface area contributed by atoms with Crippen LogP contribution in [0.4, 0.5) is 0 Å². The fraction of sp³-hybridized carbons (Fsp3) is 0.538. The van der Waals surface area contributed by atoms with Gasteiger partial charge in [-0.15, -0.1) is 0 Å². The highest BCUT2D eigenvalue weighted by Gasteiger charge is 2.17. The van der Waals surface area contributed by atoms with Crippen LogP contribution in [-0.4, -0.2) is 52.0 Å². The second-order valence-electron chi connectivity index (χ2n) is 5.14. The molecular formula is C13H20INO3. The Morgan fingerprint density at radius 3 is 2.61 bits per heavy atom. The Balaban J connectivity index is 0.00000162. The molecule has 0 radical (unpaired) electrons. The van der Waals surface area contributed by atoms with Gasteiger partial charge in [0, 0.05) is 0 Å². The van der Waals surface area contributed by atoms with Crippen molar-refractivity contribution in [3.05, 3.63) is 18.2 Å². The molecular weight excluding hydrogens is 345 g/mol. The van der Waals surface area contributed by atoms with Crippen LogP contribution in [0.2, 0.25) is 0 Å². The molecule has 102 valence electrons. The number of rotatable bonds is 4. The largest absolute Gasteiger partial charge is 1.00 e. The number of nitrogens with zero attached hydrogens (tertiary/aromatic N) is 1. The average Bonchev–Trinajstić information content (AvgIpc) is 2.28. The normalized spacial score (nSPS) is 13.7. The highest BCUT2D eigenvalue weighted by Crippen LogP contribution is 2.38. The van der Waals surface area contributed by atoms with Gasteiger partial charge in [0.15, 0.2) is 11.5 Å². The lowest BCUT2D eigenvalue weighted by atomic mass is 10.3. The molecule has 0 atom stereocenters. The maximum Gasteiger partial charge on any atom is 0.203 e. The van der Waals surface area contributed by atoms with Crippen LogP contribution >= 0.6 is 0 Å². The molecule has 0 saturated carbocycles. The van der Waals surface area contributed by atoms with Crippen LogP contribution < -0.4 is 38.2 Å². The van der Waals surface area contributed by atoms with Crippen molar-refractivity contribution < 1.29 is 42.7 Å².